The third kappa shape index (κ3) is 3.61. The molecule has 0 aliphatic carbocycles. The normalized spacial score (nSPS) is 10.4. The van der Waals surface area contributed by atoms with Gasteiger partial charge in [-0.25, -0.2) is 4.98 Å². The molecule has 0 fully saturated rings. The van der Waals surface area contributed by atoms with Crippen molar-refractivity contribution in [2.45, 2.75) is 6.92 Å². The van der Waals surface area contributed by atoms with Crippen LogP contribution in [0.2, 0.25) is 20.1 Å². The second-order valence-corrected chi connectivity index (χ2v) is 5.56. The molecule has 1 aromatic heterocycles. The van der Waals surface area contributed by atoms with Crippen LogP contribution in [0, 0.1) is 0 Å². The molecule has 0 aliphatic rings. The number of anilines is 3. The highest BCUT2D eigenvalue weighted by Crippen LogP contribution is 2.32. The first-order valence-corrected chi connectivity index (χ1v) is 7.34. The Hall–Kier alpha value is -0.870. The lowest BCUT2D eigenvalue weighted by molar-refractivity contribution is 1.16. The highest BCUT2D eigenvalue weighted by atomic mass is 35.5. The van der Waals surface area contributed by atoms with E-state index in [-0.39, 0.29) is 0 Å². The highest BCUT2D eigenvalue weighted by molar-refractivity contribution is 6.42. The summed E-state index contributed by atoms with van der Waals surface area (Å²) in [6.45, 7) is 2.67. The molecule has 0 amide bonds. The Morgan fingerprint density at radius 3 is 2.25 bits per heavy atom. The number of pyridine rings is 1. The summed E-state index contributed by atoms with van der Waals surface area (Å²) in [5.74, 6) is 1.06. The van der Waals surface area contributed by atoms with Crippen LogP contribution in [-0.4, -0.2) is 11.5 Å². The van der Waals surface area contributed by atoms with Gasteiger partial charge in [0.25, 0.3) is 0 Å². The summed E-state index contributed by atoms with van der Waals surface area (Å²) in [7, 11) is 0. The maximum absolute atomic E-state index is 6.13. The fraction of sp³-hybridized carbons (Fsp3) is 0.154. The first-order valence-electron chi connectivity index (χ1n) is 5.83. The van der Waals surface area contributed by atoms with Crippen molar-refractivity contribution < 1.29 is 0 Å². The number of hydrogen-bond donors (Lipinski definition) is 2. The lowest BCUT2D eigenvalue weighted by atomic mass is 10.3. The molecule has 20 heavy (non-hydrogen) atoms. The molecule has 2 N–H and O–H groups in total. The van der Waals surface area contributed by atoms with Crippen molar-refractivity contribution in [1.82, 2.24) is 4.98 Å². The molecular weight excluding hydrogens is 340 g/mol. The van der Waals surface area contributed by atoms with Crippen LogP contribution in [0.5, 0.6) is 0 Å². The van der Waals surface area contributed by atoms with Crippen molar-refractivity contribution in [3.05, 3.63) is 44.4 Å². The van der Waals surface area contributed by atoms with Crippen LogP contribution in [-0.2, 0) is 0 Å². The van der Waals surface area contributed by atoms with Crippen molar-refractivity contribution in [1.29, 1.82) is 0 Å². The largest absolute Gasteiger partial charge is 0.369 e. The van der Waals surface area contributed by atoms with E-state index >= 15 is 0 Å². The molecule has 0 bridgehead atoms. The average Bonchev–Trinajstić information content (AvgIpc) is 2.39. The van der Waals surface area contributed by atoms with E-state index in [1.165, 1.54) is 0 Å². The van der Waals surface area contributed by atoms with E-state index in [9.17, 15) is 0 Å². The van der Waals surface area contributed by atoms with E-state index in [0.717, 1.165) is 5.69 Å². The molecule has 2 rings (SSSR count). The van der Waals surface area contributed by atoms with Gasteiger partial charge in [0.2, 0.25) is 0 Å². The topological polar surface area (TPSA) is 37.0 Å². The van der Waals surface area contributed by atoms with Crippen LogP contribution in [0.25, 0.3) is 0 Å². The molecule has 0 saturated carbocycles. The molecule has 0 aliphatic heterocycles. The molecule has 0 radical (unpaired) electrons. The number of halogens is 4. The van der Waals surface area contributed by atoms with E-state index in [1.54, 1.807) is 24.3 Å². The Morgan fingerprint density at radius 1 is 0.900 bits per heavy atom. The average molecular weight is 351 g/mol. The summed E-state index contributed by atoms with van der Waals surface area (Å²) in [6, 6.07) is 6.81. The second kappa shape index (κ2) is 6.72. The molecule has 0 saturated heterocycles. The molecular formula is C13H11Cl4N3. The Morgan fingerprint density at radius 2 is 1.60 bits per heavy atom. The van der Waals surface area contributed by atoms with Gasteiger partial charge in [0.05, 0.1) is 20.1 Å². The van der Waals surface area contributed by atoms with Crippen LogP contribution in [0.15, 0.2) is 24.3 Å². The van der Waals surface area contributed by atoms with Gasteiger partial charge in [-0.3, -0.25) is 0 Å². The number of aromatic nitrogens is 1. The summed E-state index contributed by atoms with van der Waals surface area (Å²) < 4.78 is 0. The smallest absolute Gasteiger partial charge is 0.151 e. The van der Waals surface area contributed by atoms with Gasteiger partial charge in [-0.2, -0.15) is 0 Å². The van der Waals surface area contributed by atoms with Crippen molar-refractivity contribution in [2.24, 2.45) is 0 Å². The van der Waals surface area contributed by atoms with Crippen LogP contribution >= 0.6 is 46.4 Å². The highest BCUT2D eigenvalue weighted by Gasteiger charge is 2.09. The van der Waals surface area contributed by atoms with E-state index < -0.39 is 0 Å². The molecule has 0 spiro atoms. The molecule has 3 nitrogen and oxygen atoms in total. The summed E-state index contributed by atoms with van der Waals surface area (Å²) in [4.78, 5) is 4.35. The van der Waals surface area contributed by atoms with Crippen LogP contribution in [0.1, 0.15) is 6.92 Å². The Balaban J connectivity index is 2.32. The maximum Gasteiger partial charge on any atom is 0.151 e. The lowest BCUT2D eigenvalue weighted by Crippen LogP contribution is -2.03. The zero-order valence-corrected chi connectivity index (χ0v) is 13.5. The van der Waals surface area contributed by atoms with Gasteiger partial charge in [0.1, 0.15) is 5.82 Å². The van der Waals surface area contributed by atoms with Crippen molar-refractivity contribution >= 4 is 63.7 Å². The Labute approximate surface area is 137 Å². The summed E-state index contributed by atoms with van der Waals surface area (Å²) >= 11 is 24.0. The molecule has 1 aromatic carbocycles. The minimum Gasteiger partial charge on any atom is -0.369 e. The number of nitrogens with one attached hydrogen (secondary N) is 2. The lowest BCUT2D eigenvalue weighted by Gasteiger charge is -2.12. The molecule has 106 valence electrons. The predicted octanol–water partition coefficient (Wildman–Crippen LogP) is 5.87. The zero-order valence-electron chi connectivity index (χ0n) is 10.5. The van der Waals surface area contributed by atoms with E-state index in [2.05, 4.69) is 15.6 Å². The SMILES string of the molecule is CCNc1nc(Nc2ccc(Cl)c(Cl)c2)c(Cl)cc1Cl. The maximum atomic E-state index is 6.13. The van der Waals surface area contributed by atoms with Crippen LogP contribution in [0.4, 0.5) is 17.3 Å². The molecule has 2 aromatic rings. The molecule has 0 atom stereocenters. The van der Waals surface area contributed by atoms with Gasteiger partial charge >= 0.3 is 0 Å². The first kappa shape index (κ1) is 15.5. The Kier molecular flexibility index (Phi) is 5.22. The minimum absolute atomic E-state index is 0.419. The minimum atomic E-state index is 0.419. The van der Waals surface area contributed by atoms with Gasteiger partial charge < -0.3 is 10.6 Å². The van der Waals surface area contributed by atoms with Crippen LogP contribution < -0.4 is 10.6 Å². The monoisotopic (exact) mass is 349 g/mol. The fourth-order valence-corrected chi connectivity index (χ4v) is 2.33. The van der Waals surface area contributed by atoms with Crippen molar-refractivity contribution in [3.63, 3.8) is 0 Å². The summed E-state index contributed by atoms with van der Waals surface area (Å²) in [6.07, 6.45) is 0. The van der Waals surface area contributed by atoms with Crippen molar-refractivity contribution in [2.75, 3.05) is 17.2 Å². The van der Waals surface area contributed by atoms with Crippen molar-refractivity contribution in [3.8, 4) is 0 Å². The molecule has 7 heteroatoms. The molecule has 0 unspecified atom stereocenters. The Bertz CT molecular complexity index is 631. The van der Waals surface area contributed by atoms with Gasteiger partial charge in [0.15, 0.2) is 5.82 Å². The van der Waals surface area contributed by atoms with E-state index in [1.807, 2.05) is 6.92 Å². The van der Waals surface area contributed by atoms with Gasteiger partial charge in [-0.05, 0) is 31.2 Å². The zero-order chi connectivity index (χ0) is 14.7. The molecule has 1 heterocycles. The number of nitrogens with zero attached hydrogens (tertiary/aromatic N) is 1. The predicted molar refractivity (Wildman–Crippen MR) is 88.2 cm³/mol. The summed E-state index contributed by atoms with van der Waals surface area (Å²) in [5, 5.41) is 7.97. The number of benzene rings is 1. The van der Waals surface area contributed by atoms with Crippen LogP contribution in [0.3, 0.4) is 0 Å². The standard InChI is InChI=1S/C13H11Cl4N3/c1-2-18-12-10(16)6-11(17)13(20-12)19-7-3-4-8(14)9(15)5-7/h3-6H,2H2,1H3,(H2,18,19,20). The van der Waals surface area contributed by atoms with Gasteiger partial charge in [-0.1, -0.05) is 46.4 Å². The first-order chi connectivity index (χ1) is 9.51. The third-order valence-corrected chi connectivity index (χ3v) is 3.77. The van der Waals surface area contributed by atoms with E-state index in [0.29, 0.717) is 38.3 Å². The van der Waals surface area contributed by atoms with Gasteiger partial charge in [-0.15, -0.1) is 0 Å². The second-order valence-electron chi connectivity index (χ2n) is 3.93. The number of rotatable bonds is 4. The quantitative estimate of drug-likeness (QED) is 0.723. The number of hydrogen-bond acceptors (Lipinski definition) is 3. The third-order valence-electron chi connectivity index (χ3n) is 2.46. The fourth-order valence-electron chi connectivity index (χ4n) is 1.56. The van der Waals surface area contributed by atoms with Gasteiger partial charge in [0, 0.05) is 12.2 Å². The summed E-state index contributed by atoms with van der Waals surface area (Å²) in [5.41, 5.74) is 0.735. The van der Waals surface area contributed by atoms with E-state index in [4.69, 9.17) is 46.4 Å².